The topological polar surface area (TPSA) is 75.9 Å². The third-order valence-electron chi connectivity index (χ3n) is 5.40. The Kier molecular flexibility index (Phi) is 6.73. The monoisotopic (exact) mass is 458 g/mol. The first-order chi connectivity index (χ1) is 15.0. The zero-order chi connectivity index (χ0) is 21.8. The maximum absolute atomic E-state index is 12.7. The summed E-state index contributed by atoms with van der Waals surface area (Å²) in [7, 11) is 0. The SMILES string of the molecule is Cc1cc(N2CCCCC2CC(=O)NCc2ccc(Cl)cc2Cl)nc(-n2ccnc2)n1. The van der Waals surface area contributed by atoms with Crippen LogP contribution < -0.4 is 10.2 Å². The number of carbonyl (C=O) groups excluding carboxylic acids is 1. The van der Waals surface area contributed by atoms with E-state index < -0.39 is 0 Å². The number of hydrogen-bond acceptors (Lipinski definition) is 5. The van der Waals surface area contributed by atoms with Gasteiger partial charge in [0.25, 0.3) is 0 Å². The molecular weight excluding hydrogens is 435 g/mol. The van der Waals surface area contributed by atoms with Gasteiger partial charge < -0.3 is 10.2 Å². The van der Waals surface area contributed by atoms with Crippen molar-refractivity contribution < 1.29 is 4.79 Å². The summed E-state index contributed by atoms with van der Waals surface area (Å²) in [6, 6.07) is 7.35. The lowest BCUT2D eigenvalue weighted by Crippen LogP contribution is -2.43. The number of aryl methyl sites for hydroxylation is 1. The summed E-state index contributed by atoms with van der Waals surface area (Å²) in [4.78, 5) is 28.3. The zero-order valence-corrected chi connectivity index (χ0v) is 18.8. The predicted molar refractivity (Wildman–Crippen MR) is 122 cm³/mol. The Morgan fingerprint density at radius 1 is 1.23 bits per heavy atom. The first-order valence-electron chi connectivity index (χ1n) is 10.3. The van der Waals surface area contributed by atoms with Gasteiger partial charge in [0.1, 0.15) is 12.1 Å². The number of amides is 1. The third-order valence-corrected chi connectivity index (χ3v) is 5.98. The van der Waals surface area contributed by atoms with E-state index in [0.717, 1.165) is 42.9 Å². The highest BCUT2D eigenvalue weighted by Crippen LogP contribution is 2.26. The molecule has 0 saturated carbocycles. The van der Waals surface area contributed by atoms with Crippen LogP contribution in [-0.2, 0) is 11.3 Å². The van der Waals surface area contributed by atoms with E-state index in [1.807, 2.05) is 25.3 Å². The van der Waals surface area contributed by atoms with Gasteiger partial charge in [-0.15, -0.1) is 0 Å². The maximum Gasteiger partial charge on any atom is 0.237 e. The van der Waals surface area contributed by atoms with Crippen molar-refractivity contribution in [3.8, 4) is 5.95 Å². The number of imidazole rings is 1. The summed E-state index contributed by atoms with van der Waals surface area (Å²) in [5.41, 5.74) is 1.72. The summed E-state index contributed by atoms with van der Waals surface area (Å²) in [5.74, 6) is 1.41. The molecule has 7 nitrogen and oxygen atoms in total. The molecule has 1 aliphatic heterocycles. The van der Waals surface area contributed by atoms with Crippen molar-refractivity contribution in [2.24, 2.45) is 0 Å². The van der Waals surface area contributed by atoms with E-state index in [2.05, 4.69) is 20.2 Å². The van der Waals surface area contributed by atoms with E-state index in [0.29, 0.717) is 29.0 Å². The predicted octanol–water partition coefficient (Wildman–Crippen LogP) is 4.34. The second kappa shape index (κ2) is 9.66. The molecule has 1 aromatic carbocycles. The second-order valence-corrected chi connectivity index (χ2v) is 8.54. The molecule has 1 saturated heterocycles. The fourth-order valence-corrected chi connectivity index (χ4v) is 4.31. The van der Waals surface area contributed by atoms with Gasteiger partial charge in [0.2, 0.25) is 11.9 Å². The van der Waals surface area contributed by atoms with Gasteiger partial charge in [0.05, 0.1) is 0 Å². The van der Waals surface area contributed by atoms with Crippen molar-refractivity contribution in [3.05, 3.63) is 64.3 Å². The molecule has 4 rings (SSSR count). The molecule has 3 heterocycles. The standard InChI is InChI=1S/C22H24Cl2N6O/c1-15-10-20(28-22(27-15)29-9-7-25-14-29)30-8-3-2-4-18(30)12-21(31)26-13-16-5-6-17(23)11-19(16)24/h5-7,9-11,14,18H,2-4,8,12-13H2,1H3,(H,26,31). The Hall–Kier alpha value is -2.64. The average Bonchev–Trinajstić information content (AvgIpc) is 3.28. The molecule has 1 amide bonds. The number of halogens is 2. The number of anilines is 1. The van der Waals surface area contributed by atoms with Crippen molar-refractivity contribution in [2.75, 3.05) is 11.4 Å². The number of benzene rings is 1. The van der Waals surface area contributed by atoms with E-state index >= 15 is 0 Å². The van der Waals surface area contributed by atoms with Crippen molar-refractivity contribution in [1.82, 2.24) is 24.8 Å². The van der Waals surface area contributed by atoms with Crippen LogP contribution in [0.1, 0.15) is 36.9 Å². The molecule has 1 unspecified atom stereocenters. The van der Waals surface area contributed by atoms with Gasteiger partial charge in [-0.1, -0.05) is 29.3 Å². The van der Waals surface area contributed by atoms with Crippen LogP contribution in [0, 0.1) is 6.92 Å². The summed E-state index contributed by atoms with van der Waals surface area (Å²) in [5, 5.41) is 4.11. The number of nitrogens with one attached hydrogen (secondary N) is 1. The molecule has 0 spiro atoms. The molecular formula is C22H24Cl2N6O. The van der Waals surface area contributed by atoms with Crippen LogP contribution in [0.5, 0.6) is 0 Å². The first-order valence-corrected chi connectivity index (χ1v) is 11.1. The van der Waals surface area contributed by atoms with Crippen molar-refractivity contribution in [2.45, 2.75) is 45.2 Å². The van der Waals surface area contributed by atoms with Gasteiger partial charge in [-0.25, -0.2) is 9.97 Å². The lowest BCUT2D eigenvalue weighted by atomic mass is 9.99. The maximum atomic E-state index is 12.7. The molecule has 2 aromatic heterocycles. The van der Waals surface area contributed by atoms with Crippen molar-refractivity contribution in [3.63, 3.8) is 0 Å². The second-order valence-electron chi connectivity index (χ2n) is 7.70. The normalized spacial score (nSPS) is 16.4. The van der Waals surface area contributed by atoms with Crippen LogP contribution in [-0.4, -0.2) is 38.0 Å². The molecule has 3 aromatic rings. The fourth-order valence-electron chi connectivity index (χ4n) is 3.84. The van der Waals surface area contributed by atoms with Gasteiger partial charge in [0, 0.05) is 59.8 Å². The summed E-state index contributed by atoms with van der Waals surface area (Å²) in [6.45, 7) is 3.19. The highest BCUT2D eigenvalue weighted by Gasteiger charge is 2.26. The van der Waals surface area contributed by atoms with E-state index in [4.69, 9.17) is 28.2 Å². The Morgan fingerprint density at radius 2 is 2.10 bits per heavy atom. The summed E-state index contributed by atoms with van der Waals surface area (Å²) < 4.78 is 1.79. The van der Waals surface area contributed by atoms with Gasteiger partial charge in [0.15, 0.2) is 0 Å². The Balaban J connectivity index is 1.46. The van der Waals surface area contributed by atoms with Crippen LogP contribution in [0.25, 0.3) is 5.95 Å². The minimum absolute atomic E-state index is 0.0106. The molecule has 0 radical (unpaired) electrons. The van der Waals surface area contributed by atoms with Crippen LogP contribution in [0.4, 0.5) is 5.82 Å². The first kappa shape index (κ1) is 21.6. The molecule has 1 N–H and O–H groups in total. The lowest BCUT2D eigenvalue weighted by molar-refractivity contribution is -0.121. The smallest absolute Gasteiger partial charge is 0.237 e. The molecule has 31 heavy (non-hydrogen) atoms. The third kappa shape index (κ3) is 5.35. The van der Waals surface area contributed by atoms with E-state index in [-0.39, 0.29) is 11.9 Å². The highest BCUT2D eigenvalue weighted by molar-refractivity contribution is 6.35. The molecule has 0 bridgehead atoms. The number of piperidine rings is 1. The number of nitrogens with zero attached hydrogens (tertiary/aromatic N) is 5. The zero-order valence-electron chi connectivity index (χ0n) is 17.3. The summed E-state index contributed by atoms with van der Waals surface area (Å²) in [6.07, 6.45) is 8.71. The highest BCUT2D eigenvalue weighted by atomic mass is 35.5. The number of hydrogen-bond donors (Lipinski definition) is 1. The van der Waals surface area contributed by atoms with Gasteiger partial charge in [-0.3, -0.25) is 9.36 Å². The number of carbonyl (C=O) groups is 1. The Labute approximate surface area is 191 Å². The minimum atomic E-state index is -0.0106. The molecule has 0 aliphatic carbocycles. The Morgan fingerprint density at radius 3 is 2.87 bits per heavy atom. The van der Waals surface area contributed by atoms with Crippen molar-refractivity contribution >= 4 is 34.9 Å². The number of aromatic nitrogens is 4. The molecule has 1 atom stereocenters. The fraction of sp³-hybridized carbons (Fsp3) is 0.364. The largest absolute Gasteiger partial charge is 0.353 e. The van der Waals surface area contributed by atoms with Crippen LogP contribution in [0.3, 0.4) is 0 Å². The van der Waals surface area contributed by atoms with Crippen LogP contribution in [0.2, 0.25) is 10.0 Å². The van der Waals surface area contributed by atoms with Gasteiger partial charge >= 0.3 is 0 Å². The molecule has 162 valence electrons. The van der Waals surface area contributed by atoms with E-state index in [1.165, 1.54) is 0 Å². The van der Waals surface area contributed by atoms with Crippen LogP contribution in [0.15, 0.2) is 43.0 Å². The lowest BCUT2D eigenvalue weighted by Gasteiger charge is -2.36. The van der Waals surface area contributed by atoms with E-state index in [9.17, 15) is 4.79 Å². The average molecular weight is 459 g/mol. The van der Waals surface area contributed by atoms with E-state index in [1.54, 1.807) is 29.2 Å². The molecule has 9 heteroatoms. The molecule has 1 fully saturated rings. The molecule has 1 aliphatic rings. The summed E-state index contributed by atoms with van der Waals surface area (Å²) >= 11 is 12.2. The van der Waals surface area contributed by atoms with Crippen molar-refractivity contribution in [1.29, 1.82) is 0 Å². The van der Waals surface area contributed by atoms with Gasteiger partial charge in [-0.05, 0) is 43.9 Å². The quantitative estimate of drug-likeness (QED) is 0.594. The van der Waals surface area contributed by atoms with Crippen LogP contribution >= 0.6 is 23.2 Å². The van der Waals surface area contributed by atoms with Gasteiger partial charge in [-0.2, -0.15) is 4.98 Å². The number of rotatable bonds is 6. The minimum Gasteiger partial charge on any atom is -0.353 e. The Bertz CT molecular complexity index is 1060.